The van der Waals surface area contributed by atoms with Gasteiger partial charge in [0.05, 0.1) is 15.7 Å². The zero-order valence-electron chi connectivity index (χ0n) is 10.9. The summed E-state index contributed by atoms with van der Waals surface area (Å²) in [6.45, 7) is 2.93. The Bertz CT molecular complexity index is 505. The fraction of sp³-hybridized carbons (Fsp3) is 0.385. The molecule has 0 unspecified atom stereocenters. The van der Waals surface area contributed by atoms with E-state index in [1.54, 1.807) is 0 Å². The van der Waals surface area contributed by atoms with Crippen molar-refractivity contribution >= 4 is 40.8 Å². The van der Waals surface area contributed by atoms with Crippen LogP contribution in [0.25, 0.3) is 0 Å². The van der Waals surface area contributed by atoms with Crippen LogP contribution >= 0.6 is 23.2 Å². The molecule has 1 aromatic carbocycles. The van der Waals surface area contributed by atoms with E-state index in [-0.39, 0.29) is 33.6 Å². The number of carboxylic acids is 1. The lowest BCUT2D eigenvalue weighted by Gasteiger charge is -2.11. The van der Waals surface area contributed by atoms with E-state index in [2.05, 4.69) is 5.32 Å². The standard InChI is InChI=1S/C13H15Cl2NO4/c1-2-20-7-3-4-10(17)16-12-9(15)6-5-8(14)11(12)13(18)19/h5-6H,2-4,7H2,1H3,(H,16,17)(H,18,19). The molecule has 0 atom stereocenters. The van der Waals surface area contributed by atoms with Gasteiger partial charge in [0.25, 0.3) is 0 Å². The van der Waals surface area contributed by atoms with Gasteiger partial charge >= 0.3 is 5.97 Å². The molecule has 5 nitrogen and oxygen atoms in total. The zero-order chi connectivity index (χ0) is 15.1. The van der Waals surface area contributed by atoms with E-state index in [4.69, 9.17) is 33.0 Å². The molecule has 0 saturated carbocycles. The van der Waals surface area contributed by atoms with Crippen LogP contribution in [0.3, 0.4) is 0 Å². The highest BCUT2D eigenvalue weighted by Gasteiger charge is 2.19. The number of carboxylic acid groups (broad SMARTS) is 1. The van der Waals surface area contributed by atoms with Gasteiger partial charge in [-0.3, -0.25) is 4.79 Å². The maximum absolute atomic E-state index is 11.8. The first-order chi connectivity index (χ1) is 9.47. The summed E-state index contributed by atoms with van der Waals surface area (Å²) in [5.74, 6) is -1.58. The molecule has 0 aliphatic rings. The summed E-state index contributed by atoms with van der Waals surface area (Å²) in [7, 11) is 0. The van der Waals surface area contributed by atoms with Crippen LogP contribution in [0, 0.1) is 0 Å². The highest BCUT2D eigenvalue weighted by Crippen LogP contribution is 2.32. The highest BCUT2D eigenvalue weighted by molar-refractivity contribution is 6.38. The van der Waals surface area contributed by atoms with Crippen molar-refractivity contribution in [3.05, 3.63) is 27.7 Å². The van der Waals surface area contributed by atoms with Gasteiger partial charge in [-0.25, -0.2) is 4.79 Å². The minimum absolute atomic E-state index is 0.0199. The summed E-state index contributed by atoms with van der Waals surface area (Å²) in [5.41, 5.74) is -0.189. The predicted molar refractivity (Wildman–Crippen MR) is 77.8 cm³/mol. The van der Waals surface area contributed by atoms with Crippen LogP contribution in [0.1, 0.15) is 30.1 Å². The molecule has 0 spiro atoms. The summed E-state index contributed by atoms with van der Waals surface area (Å²) >= 11 is 11.7. The topological polar surface area (TPSA) is 75.6 Å². The molecular formula is C13H15Cl2NO4. The fourth-order valence-corrected chi connectivity index (χ4v) is 2.01. The molecule has 0 aliphatic carbocycles. The molecular weight excluding hydrogens is 305 g/mol. The third kappa shape index (κ3) is 4.67. The lowest BCUT2D eigenvalue weighted by Crippen LogP contribution is -2.16. The Morgan fingerprint density at radius 1 is 1.30 bits per heavy atom. The summed E-state index contributed by atoms with van der Waals surface area (Å²) in [6.07, 6.45) is 0.752. The Balaban J connectivity index is 2.79. The number of aromatic carboxylic acids is 1. The number of amides is 1. The molecule has 0 aliphatic heterocycles. The number of halogens is 2. The van der Waals surface area contributed by atoms with Crippen molar-refractivity contribution in [1.29, 1.82) is 0 Å². The van der Waals surface area contributed by atoms with Crippen molar-refractivity contribution in [2.75, 3.05) is 18.5 Å². The normalized spacial score (nSPS) is 10.3. The number of nitrogens with one attached hydrogen (secondary N) is 1. The first-order valence-corrected chi connectivity index (χ1v) is 6.81. The van der Waals surface area contributed by atoms with Crippen molar-refractivity contribution in [2.45, 2.75) is 19.8 Å². The Labute approximate surface area is 126 Å². The maximum Gasteiger partial charge on any atom is 0.339 e. The van der Waals surface area contributed by atoms with Crippen LogP contribution in [-0.4, -0.2) is 30.2 Å². The van der Waals surface area contributed by atoms with Gasteiger partial charge < -0.3 is 15.2 Å². The molecule has 0 fully saturated rings. The van der Waals surface area contributed by atoms with Gasteiger partial charge in [0.1, 0.15) is 5.56 Å². The SMILES string of the molecule is CCOCCCC(=O)Nc1c(Cl)ccc(Cl)c1C(=O)O. The molecule has 0 radical (unpaired) electrons. The lowest BCUT2D eigenvalue weighted by molar-refractivity contribution is -0.116. The van der Waals surface area contributed by atoms with Crippen LogP contribution in [-0.2, 0) is 9.53 Å². The van der Waals surface area contributed by atoms with Crippen molar-refractivity contribution < 1.29 is 19.4 Å². The lowest BCUT2D eigenvalue weighted by atomic mass is 10.1. The minimum atomic E-state index is -1.25. The maximum atomic E-state index is 11.8. The summed E-state index contributed by atoms with van der Waals surface area (Å²) in [5, 5.41) is 11.8. The van der Waals surface area contributed by atoms with E-state index in [9.17, 15) is 9.59 Å². The average molecular weight is 320 g/mol. The average Bonchev–Trinajstić information content (AvgIpc) is 2.38. The van der Waals surface area contributed by atoms with Crippen LogP contribution in [0.5, 0.6) is 0 Å². The van der Waals surface area contributed by atoms with E-state index in [0.29, 0.717) is 19.6 Å². The monoisotopic (exact) mass is 319 g/mol. The molecule has 2 N–H and O–H groups in total. The van der Waals surface area contributed by atoms with E-state index >= 15 is 0 Å². The first-order valence-electron chi connectivity index (χ1n) is 6.06. The molecule has 1 aromatic rings. The Kier molecular flexibility index (Phi) is 6.78. The minimum Gasteiger partial charge on any atom is -0.478 e. The number of hydrogen-bond donors (Lipinski definition) is 2. The molecule has 20 heavy (non-hydrogen) atoms. The molecule has 0 saturated heterocycles. The van der Waals surface area contributed by atoms with Gasteiger partial charge in [0.15, 0.2) is 0 Å². The summed E-state index contributed by atoms with van der Waals surface area (Å²) in [4.78, 5) is 22.9. The second-order valence-electron chi connectivity index (χ2n) is 3.93. The van der Waals surface area contributed by atoms with Gasteiger partial charge in [0.2, 0.25) is 5.91 Å². The van der Waals surface area contributed by atoms with E-state index in [1.807, 2.05) is 6.92 Å². The molecule has 0 heterocycles. The Morgan fingerprint density at radius 2 is 1.95 bits per heavy atom. The van der Waals surface area contributed by atoms with Gasteiger partial charge in [-0.1, -0.05) is 23.2 Å². The van der Waals surface area contributed by atoms with Crippen molar-refractivity contribution in [2.24, 2.45) is 0 Å². The number of anilines is 1. The van der Waals surface area contributed by atoms with E-state index < -0.39 is 5.97 Å². The second kappa shape index (κ2) is 8.09. The van der Waals surface area contributed by atoms with Gasteiger partial charge in [0, 0.05) is 19.6 Å². The number of carbonyl (C=O) groups excluding carboxylic acids is 1. The number of rotatable bonds is 7. The van der Waals surface area contributed by atoms with Crippen LogP contribution in [0.2, 0.25) is 10.0 Å². The van der Waals surface area contributed by atoms with Crippen LogP contribution in [0.15, 0.2) is 12.1 Å². The molecule has 1 rings (SSSR count). The molecule has 110 valence electrons. The fourth-order valence-electron chi connectivity index (χ4n) is 1.56. The molecule has 0 bridgehead atoms. The van der Waals surface area contributed by atoms with Gasteiger partial charge in [-0.2, -0.15) is 0 Å². The summed E-state index contributed by atoms with van der Waals surface area (Å²) < 4.78 is 5.12. The molecule has 0 aromatic heterocycles. The highest BCUT2D eigenvalue weighted by atomic mass is 35.5. The van der Waals surface area contributed by atoms with E-state index in [1.165, 1.54) is 12.1 Å². The first kappa shape index (κ1) is 16.8. The van der Waals surface area contributed by atoms with Crippen molar-refractivity contribution in [3.8, 4) is 0 Å². The van der Waals surface area contributed by atoms with E-state index in [0.717, 1.165) is 0 Å². The smallest absolute Gasteiger partial charge is 0.339 e. The zero-order valence-corrected chi connectivity index (χ0v) is 12.4. The third-order valence-electron chi connectivity index (χ3n) is 2.48. The third-order valence-corrected chi connectivity index (χ3v) is 3.11. The summed E-state index contributed by atoms with van der Waals surface area (Å²) in [6, 6.07) is 2.81. The van der Waals surface area contributed by atoms with Gasteiger partial charge in [-0.15, -0.1) is 0 Å². The predicted octanol–water partition coefficient (Wildman–Crippen LogP) is 3.45. The second-order valence-corrected chi connectivity index (χ2v) is 4.75. The quantitative estimate of drug-likeness (QED) is 0.755. The number of carbonyl (C=O) groups is 2. The number of benzene rings is 1. The van der Waals surface area contributed by atoms with Crippen molar-refractivity contribution in [3.63, 3.8) is 0 Å². The number of hydrogen-bond acceptors (Lipinski definition) is 3. The number of ether oxygens (including phenoxy) is 1. The Morgan fingerprint density at radius 3 is 2.55 bits per heavy atom. The largest absolute Gasteiger partial charge is 0.478 e. The van der Waals surface area contributed by atoms with Gasteiger partial charge in [-0.05, 0) is 25.5 Å². The van der Waals surface area contributed by atoms with Crippen LogP contribution < -0.4 is 5.32 Å². The van der Waals surface area contributed by atoms with Crippen LogP contribution in [0.4, 0.5) is 5.69 Å². The Hall–Kier alpha value is -1.30. The molecule has 7 heteroatoms. The van der Waals surface area contributed by atoms with Crippen molar-refractivity contribution in [1.82, 2.24) is 0 Å². The molecule has 1 amide bonds.